The van der Waals surface area contributed by atoms with Crippen molar-refractivity contribution in [1.29, 1.82) is 0 Å². The Morgan fingerprint density at radius 3 is 2.56 bits per heavy atom. The quantitative estimate of drug-likeness (QED) is 0.608. The predicted octanol–water partition coefficient (Wildman–Crippen LogP) is 2.39. The van der Waals surface area contributed by atoms with Crippen molar-refractivity contribution in [2.24, 2.45) is 4.99 Å². The summed E-state index contributed by atoms with van der Waals surface area (Å²) in [6, 6.07) is 14.5. The summed E-state index contributed by atoms with van der Waals surface area (Å²) in [5.41, 5.74) is 0.765. The van der Waals surface area contributed by atoms with Gasteiger partial charge in [-0.15, -0.1) is 0 Å². The van der Waals surface area contributed by atoms with E-state index in [-0.39, 0.29) is 13.2 Å². The van der Waals surface area contributed by atoms with Crippen molar-refractivity contribution in [3.8, 4) is 11.5 Å². The summed E-state index contributed by atoms with van der Waals surface area (Å²) in [5.74, 6) is 0.389. The van der Waals surface area contributed by atoms with Crippen molar-refractivity contribution in [2.45, 2.75) is 6.54 Å². The van der Waals surface area contributed by atoms with Crippen LogP contribution < -0.4 is 14.3 Å². The number of aromatic nitrogens is 1. The molecule has 27 heavy (non-hydrogen) atoms. The topological polar surface area (TPSA) is 79.1 Å². The highest BCUT2D eigenvalue weighted by Crippen LogP contribution is 2.23. The number of fused-ring (bicyclic) bond motifs is 1. The maximum atomic E-state index is 12.3. The monoisotopic (exact) mass is 386 g/mol. The van der Waals surface area contributed by atoms with Gasteiger partial charge in [0.25, 0.3) is 5.91 Å². The van der Waals surface area contributed by atoms with E-state index in [1.54, 1.807) is 29.9 Å². The largest absolute Gasteiger partial charge is 0.497 e. The number of rotatable bonds is 6. The predicted molar refractivity (Wildman–Crippen MR) is 101 cm³/mol. The Labute approximate surface area is 159 Å². The van der Waals surface area contributed by atoms with Crippen LogP contribution in [-0.4, -0.2) is 37.3 Å². The van der Waals surface area contributed by atoms with Crippen LogP contribution in [0.15, 0.2) is 53.5 Å². The maximum Gasteiger partial charge on any atom is 0.325 e. The minimum Gasteiger partial charge on any atom is -0.497 e. The Kier molecular flexibility index (Phi) is 5.87. The van der Waals surface area contributed by atoms with Crippen LogP contribution in [0.1, 0.15) is 0 Å². The molecule has 3 aromatic rings. The second-order valence-corrected chi connectivity index (χ2v) is 6.50. The number of para-hydroxylation sites is 1. The number of nitrogens with zero attached hydrogens (tertiary/aromatic N) is 2. The average molecular weight is 386 g/mol. The van der Waals surface area contributed by atoms with Crippen molar-refractivity contribution in [3.05, 3.63) is 53.3 Å². The maximum absolute atomic E-state index is 12.3. The standard InChI is InChI=1S/C19H18N2O5S/c1-24-14-8-9-15-16(10-14)27-19(21(15)11-18(23)25-2)20-17(22)12-26-13-6-4-3-5-7-13/h3-10H,11-12H2,1-2H3. The molecule has 7 nitrogen and oxygen atoms in total. The van der Waals surface area contributed by atoms with Gasteiger partial charge in [0.05, 0.1) is 24.4 Å². The number of methoxy groups -OCH3 is 2. The summed E-state index contributed by atoms with van der Waals surface area (Å²) in [7, 11) is 2.89. The molecule has 2 aromatic carbocycles. The number of carbonyl (C=O) groups excluding carboxylic acids is 2. The van der Waals surface area contributed by atoms with Crippen molar-refractivity contribution < 1.29 is 23.8 Å². The molecule has 0 radical (unpaired) electrons. The van der Waals surface area contributed by atoms with Crippen LogP contribution in [0, 0.1) is 0 Å². The lowest BCUT2D eigenvalue weighted by Crippen LogP contribution is -2.23. The first-order chi connectivity index (χ1) is 13.1. The molecule has 0 fully saturated rings. The molecular weight excluding hydrogens is 368 g/mol. The van der Waals surface area contributed by atoms with Crippen LogP contribution in [0.4, 0.5) is 0 Å². The third-order valence-corrected chi connectivity index (χ3v) is 4.77. The normalized spacial score (nSPS) is 11.4. The van der Waals surface area contributed by atoms with E-state index in [1.165, 1.54) is 18.4 Å². The molecule has 0 unspecified atom stereocenters. The van der Waals surface area contributed by atoms with Crippen molar-refractivity contribution >= 4 is 33.4 Å². The number of benzene rings is 2. The lowest BCUT2D eigenvalue weighted by Gasteiger charge is -2.05. The van der Waals surface area contributed by atoms with E-state index in [1.807, 2.05) is 30.3 Å². The first-order valence-electron chi connectivity index (χ1n) is 8.10. The van der Waals surface area contributed by atoms with Crippen LogP contribution in [0.5, 0.6) is 11.5 Å². The zero-order valence-electron chi connectivity index (χ0n) is 14.9. The Hall–Kier alpha value is -3.13. The highest BCUT2D eigenvalue weighted by Gasteiger charge is 2.12. The van der Waals surface area contributed by atoms with E-state index in [9.17, 15) is 9.59 Å². The fourth-order valence-corrected chi connectivity index (χ4v) is 3.49. The zero-order chi connectivity index (χ0) is 19.2. The second kappa shape index (κ2) is 8.50. The summed E-state index contributed by atoms with van der Waals surface area (Å²) in [4.78, 5) is 28.6. The van der Waals surface area contributed by atoms with Crippen molar-refractivity contribution in [1.82, 2.24) is 4.57 Å². The zero-order valence-corrected chi connectivity index (χ0v) is 15.7. The number of hydrogen-bond acceptors (Lipinski definition) is 6. The van der Waals surface area contributed by atoms with Gasteiger partial charge in [-0.3, -0.25) is 9.59 Å². The van der Waals surface area contributed by atoms with Gasteiger partial charge in [0.15, 0.2) is 11.4 Å². The van der Waals surface area contributed by atoms with Crippen LogP contribution in [0.25, 0.3) is 10.2 Å². The molecule has 0 N–H and O–H groups in total. The Morgan fingerprint density at radius 2 is 1.85 bits per heavy atom. The van der Waals surface area contributed by atoms with Gasteiger partial charge in [-0.05, 0) is 30.3 Å². The average Bonchev–Trinajstić information content (AvgIpc) is 3.03. The van der Waals surface area contributed by atoms with Gasteiger partial charge in [-0.2, -0.15) is 4.99 Å². The molecule has 0 saturated carbocycles. The third kappa shape index (κ3) is 4.53. The smallest absolute Gasteiger partial charge is 0.325 e. The number of thiazole rings is 1. The molecule has 0 aliphatic rings. The van der Waals surface area contributed by atoms with E-state index >= 15 is 0 Å². The fourth-order valence-electron chi connectivity index (χ4n) is 2.41. The van der Waals surface area contributed by atoms with Crippen LogP contribution >= 0.6 is 11.3 Å². The number of amides is 1. The van der Waals surface area contributed by atoms with Crippen molar-refractivity contribution in [3.63, 3.8) is 0 Å². The van der Waals surface area contributed by atoms with E-state index in [0.29, 0.717) is 16.3 Å². The molecule has 0 atom stereocenters. The van der Waals surface area contributed by atoms with Gasteiger partial charge in [-0.1, -0.05) is 29.5 Å². The Morgan fingerprint density at radius 1 is 1.07 bits per heavy atom. The van der Waals surface area contributed by atoms with E-state index in [2.05, 4.69) is 4.99 Å². The summed E-state index contributed by atoms with van der Waals surface area (Å²) >= 11 is 1.29. The minimum absolute atomic E-state index is 0.0471. The molecule has 0 saturated heterocycles. The Balaban J connectivity index is 1.92. The number of esters is 1. The second-order valence-electron chi connectivity index (χ2n) is 5.49. The van der Waals surface area contributed by atoms with Gasteiger partial charge in [0.1, 0.15) is 18.0 Å². The van der Waals surface area contributed by atoms with Crippen LogP contribution in [0.3, 0.4) is 0 Å². The number of carbonyl (C=O) groups is 2. The highest BCUT2D eigenvalue weighted by molar-refractivity contribution is 7.16. The first kappa shape index (κ1) is 18.7. The summed E-state index contributed by atoms with van der Waals surface area (Å²) < 4.78 is 17.9. The molecule has 3 rings (SSSR count). The molecule has 0 aliphatic carbocycles. The lowest BCUT2D eigenvalue weighted by molar-refractivity contribution is -0.141. The number of hydrogen-bond donors (Lipinski definition) is 0. The molecular formula is C19H18N2O5S. The summed E-state index contributed by atoms with van der Waals surface area (Å²) in [6.07, 6.45) is 0. The van der Waals surface area contributed by atoms with E-state index in [0.717, 1.165) is 10.2 Å². The molecule has 1 heterocycles. The van der Waals surface area contributed by atoms with Crippen LogP contribution in [0.2, 0.25) is 0 Å². The molecule has 0 spiro atoms. The van der Waals surface area contributed by atoms with E-state index < -0.39 is 11.9 Å². The van der Waals surface area contributed by atoms with E-state index in [4.69, 9.17) is 14.2 Å². The number of ether oxygens (including phenoxy) is 3. The molecule has 8 heteroatoms. The Bertz CT molecular complexity index is 1020. The highest BCUT2D eigenvalue weighted by atomic mass is 32.1. The molecule has 140 valence electrons. The summed E-state index contributed by atoms with van der Waals surface area (Å²) in [5, 5.41) is 0. The van der Waals surface area contributed by atoms with Gasteiger partial charge >= 0.3 is 5.97 Å². The minimum atomic E-state index is -0.448. The van der Waals surface area contributed by atoms with Crippen molar-refractivity contribution in [2.75, 3.05) is 20.8 Å². The summed E-state index contributed by atoms with van der Waals surface area (Å²) in [6.45, 7) is -0.242. The van der Waals surface area contributed by atoms with Crippen LogP contribution in [-0.2, 0) is 20.9 Å². The van der Waals surface area contributed by atoms with Gasteiger partial charge in [0.2, 0.25) is 0 Å². The molecule has 0 aliphatic heterocycles. The van der Waals surface area contributed by atoms with Gasteiger partial charge < -0.3 is 18.8 Å². The van der Waals surface area contributed by atoms with Gasteiger partial charge in [0, 0.05) is 0 Å². The van der Waals surface area contributed by atoms with Gasteiger partial charge in [-0.25, -0.2) is 0 Å². The first-order valence-corrected chi connectivity index (χ1v) is 8.92. The fraction of sp³-hybridized carbons (Fsp3) is 0.211. The SMILES string of the molecule is COC(=O)Cn1c(=NC(=O)COc2ccccc2)sc2cc(OC)ccc21. The molecule has 0 bridgehead atoms. The lowest BCUT2D eigenvalue weighted by atomic mass is 10.3. The molecule has 1 aromatic heterocycles. The molecule has 1 amide bonds. The third-order valence-electron chi connectivity index (χ3n) is 3.73.